The second kappa shape index (κ2) is 9.59. The molecule has 0 bridgehead atoms. The van der Waals surface area contributed by atoms with Crippen LogP contribution in [0.15, 0.2) is 54.6 Å². The topological polar surface area (TPSA) is 40.5 Å². The maximum Gasteiger partial charge on any atom is 0.389 e. The van der Waals surface area contributed by atoms with E-state index in [-0.39, 0.29) is 22.4 Å². The number of aryl methyl sites for hydroxylation is 2. The lowest BCUT2D eigenvalue weighted by molar-refractivity contribution is -0.134. The fourth-order valence-electron chi connectivity index (χ4n) is 3.80. The van der Waals surface area contributed by atoms with Gasteiger partial charge in [0.2, 0.25) is 0 Å². The number of hydrogen-bond donors (Lipinski definition) is 2. The quantitative estimate of drug-likeness (QED) is 0.300. The zero-order valence-corrected chi connectivity index (χ0v) is 17.4. The van der Waals surface area contributed by atoms with Crippen molar-refractivity contribution < 1.29 is 32.2 Å². The molecule has 3 rings (SSSR count). The molecular formula is C25H23F5O2. The fourth-order valence-corrected chi connectivity index (χ4v) is 3.80. The minimum Gasteiger partial charge on any atom is -0.508 e. The van der Waals surface area contributed by atoms with Crippen molar-refractivity contribution in [2.24, 2.45) is 0 Å². The molecule has 3 aromatic carbocycles. The molecule has 3 aromatic rings. The highest BCUT2D eigenvalue weighted by Gasteiger charge is 2.29. The van der Waals surface area contributed by atoms with Gasteiger partial charge in [0, 0.05) is 23.5 Å². The van der Waals surface area contributed by atoms with Crippen molar-refractivity contribution in [1.29, 1.82) is 0 Å². The van der Waals surface area contributed by atoms with Crippen LogP contribution in [0.1, 0.15) is 53.5 Å². The smallest absolute Gasteiger partial charge is 0.389 e. The number of halogens is 5. The molecule has 0 radical (unpaired) electrons. The third kappa shape index (κ3) is 5.39. The van der Waals surface area contributed by atoms with E-state index in [1.807, 2.05) is 6.92 Å². The normalized spacial score (nSPS) is 12.7. The number of benzene rings is 3. The Balaban J connectivity index is 2.13. The Morgan fingerprint density at radius 1 is 0.781 bits per heavy atom. The average Bonchev–Trinajstić information content (AvgIpc) is 2.73. The molecule has 0 fully saturated rings. The lowest BCUT2D eigenvalue weighted by Gasteiger charge is -2.22. The molecule has 1 atom stereocenters. The molecule has 7 heteroatoms. The summed E-state index contributed by atoms with van der Waals surface area (Å²) in [6.07, 6.45) is -5.22. The molecule has 2 N–H and O–H groups in total. The molecule has 0 saturated heterocycles. The van der Waals surface area contributed by atoms with Crippen LogP contribution in [0.25, 0.3) is 0 Å². The predicted octanol–water partition coefficient (Wildman–Crippen LogP) is 7.00. The average molecular weight is 450 g/mol. The Bertz CT molecular complexity index is 1080. The summed E-state index contributed by atoms with van der Waals surface area (Å²) in [7, 11) is 0. The minimum atomic E-state index is -4.46. The van der Waals surface area contributed by atoms with Gasteiger partial charge in [-0.1, -0.05) is 43.7 Å². The standard InChI is InChI=1S/C25H23F5O2/c1-2-6-16-11-22(31)18(13-20(16)26)24(15-7-4-3-5-8-15)19-14-21(27)17(12-23(19)32)9-10-25(28,29)30/h3-5,7-8,11-14,24,31-32H,2,6,9-10H2,1H3. The van der Waals surface area contributed by atoms with Gasteiger partial charge in [0.1, 0.15) is 23.1 Å². The first-order valence-corrected chi connectivity index (χ1v) is 10.2. The van der Waals surface area contributed by atoms with E-state index in [9.17, 15) is 32.2 Å². The van der Waals surface area contributed by atoms with E-state index in [1.165, 1.54) is 6.07 Å². The molecule has 2 nitrogen and oxygen atoms in total. The van der Waals surface area contributed by atoms with E-state index in [4.69, 9.17) is 0 Å². The second-order valence-electron chi connectivity index (χ2n) is 7.71. The Kier molecular flexibility index (Phi) is 7.06. The molecule has 1 unspecified atom stereocenters. The molecule has 0 aromatic heterocycles. The van der Waals surface area contributed by atoms with Gasteiger partial charge in [-0.3, -0.25) is 0 Å². The van der Waals surface area contributed by atoms with Gasteiger partial charge < -0.3 is 10.2 Å². The molecule has 0 saturated carbocycles. The summed E-state index contributed by atoms with van der Waals surface area (Å²) in [4.78, 5) is 0. The van der Waals surface area contributed by atoms with Crippen molar-refractivity contribution in [1.82, 2.24) is 0 Å². The minimum absolute atomic E-state index is 0.0161. The number of rotatable bonds is 7. The number of aromatic hydroxyl groups is 2. The van der Waals surface area contributed by atoms with Crippen LogP contribution in [0, 0.1) is 11.6 Å². The SMILES string of the molecule is CCCc1cc(O)c(C(c2ccccc2)c2cc(F)c(CCC(F)(F)F)cc2O)cc1F. The van der Waals surface area contributed by atoms with Gasteiger partial charge >= 0.3 is 6.18 Å². The Hall–Kier alpha value is -3.09. The van der Waals surface area contributed by atoms with E-state index in [2.05, 4.69) is 0 Å². The Morgan fingerprint density at radius 2 is 1.28 bits per heavy atom. The predicted molar refractivity (Wildman–Crippen MR) is 112 cm³/mol. The first-order chi connectivity index (χ1) is 15.1. The highest BCUT2D eigenvalue weighted by Crippen LogP contribution is 2.42. The summed E-state index contributed by atoms with van der Waals surface area (Å²) >= 11 is 0. The van der Waals surface area contributed by atoms with Crippen LogP contribution in [0.4, 0.5) is 22.0 Å². The van der Waals surface area contributed by atoms with Crippen molar-refractivity contribution in [2.45, 2.75) is 44.7 Å². The zero-order valence-electron chi connectivity index (χ0n) is 17.4. The zero-order chi connectivity index (χ0) is 23.5. The summed E-state index contributed by atoms with van der Waals surface area (Å²) in [5, 5.41) is 21.3. The van der Waals surface area contributed by atoms with Gasteiger partial charge in [-0.25, -0.2) is 8.78 Å². The molecule has 32 heavy (non-hydrogen) atoms. The largest absolute Gasteiger partial charge is 0.508 e. The first kappa shape index (κ1) is 23.6. The molecule has 0 aliphatic carbocycles. The van der Waals surface area contributed by atoms with Crippen LogP contribution in [0.2, 0.25) is 0 Å². The van der Waals surface area contributed by atoms with Crippen molar-refractivity contribution in [2.75, 3.05) is 0 Å². The van der Waals surface area contributed by atoms with Gasteiger partial charge in [-0.05, 0) is 53.8 Å². The molecule has 0 spiro atoms. The van der Waals surface area contributed by atoms with E-state index < -0.39 is 42.3 Å². The van der Waals surface area contributed by atoms with Gasteiger partial charge in [0.15, 0.2) is 0 Å². The Morgan fingerprint density at radius 3 is 1.75 bits per heavy atom. The van der Waals surface area contributed by atoms with Crippen LogP contribution in [0.3, 0.4) is 0 Å². The van der Waals surface area contributed by atoms with Crippen molar-refractivity contribution in [3.8, 4) is 11.5 Å². The van der Waals surface area contributed by atoms with E-state index in [1.54, 1.807) is 30.3 Å². The van der Waals surface area contributed by atoms with Crippen LogP contribution in [-0.2, 0) is 12.8 Å². The fraction of sp³-hybridized carbons (Fsp3) is 0.280. The molecular weight excluding hydrogens is 427 g/mol. The van der Waals surface area contributed by atoms with E-state index >= 15 is 0 Å². The van der Waals surface area contributed by atoms with Crippen LogP contribution in [-0.4, -0.2) is 16.4 Å². The number of phenolic OH excluding ortho intramolecular Hbond substituents is 2. The van der Waals surface area contributed by atoms with Crippen molar-refractivity contribution in [3.63, 3.8) is 0 Å². The first-order valence-electron chi connectivity index (χ1n) is 10.2. The van der Waals surface area contributed by atoms with Crippen molar-refractivity contribution in [3.05, 3.63) is 94.0 Å². The van der Waals surface area contributed by atoms with Gasteiger partial charge in [0.05, 0.1) is 0 Å². The van der Waals surface area contributed by atoms with E-state index in [0.29, 0.717) is 24.0 Å². The van der Waals surface area contributed by atoms with Gasteiger partial charge in [-0.2, -0.15) is 13.2 Å². The summed E-state index contributed by atoms with van der Waals surface area (Å²) in [5.74, 6) is -3.04. The van der Waals surface area contributed by atoms with Gasteiger partial charge in [0.25, 0.3) is 0 Å². The third-order valence-electron chi connectivity index (χ3n) is 5.34. The molecule has 0 aliphatic rings. The van der Waals surface area contributed by atoms with E-state index in [0.717, 1.165) is 18.2 Å². The summed E-state index contributed by atoms with van der Waals surface area (Å²) in [5.41, 5.74) is 0.736. The number of phenols is 2. The maximum atomic E-state index is 14.7. The van der Waals surface area contributed by atoms with Crippen LogP contribution >= 0.6 is 0 Å². The van der Waals surface area contributed by atoms with Crippen LogP contribution < -0.4 is 0 Å². The number of hydrogen-bond acceptors (Lipinski definition) is 2. The van der Waals surface area contributed by atoms with Gasteiger partial charge in [-0.15, -0.1) is 0 Å². The third-order valence-corrected chi connectivity index (χ3v) is 5.34. The second-order valence-corrected chi connectivity index (χ2v) is 7.71. The molecule has 0 amide bonds. The molecule has 0 heterocycles. The lowest BCUT2D eigenvalue weighted by atomic mass is 9.83. The highest BCUT2D eigenvalue weighted by molar-refractivity contribution is 5.54. The maximum absolute atomic E-state index is 14.7. The van der Waals surface area contributed by atoms with Crippen molar-refractivity contribution >= 4 is 0 Å². The lowest BCUT2D eigenvalue weighted by Crippen LogP contribution is -2.10. The monoisotopic (exact) mass is 450 g/mol. The molecule has 170 valence electrons. The summed E-state index contributed by atoms with van der Waals surface area (Å²) in [6.45, 7) is 1.87. The highest BCUT2D eigenvalue weighted by atomic mass is 19.4. The number of alkyl halides is 3. The summed E-state index contributed by atoms with van der Waals surface area (Å²) in [6, 6.07) is 12.9. The van der Waals surface area contributed by atoms with Crippen LogP contribution in [0.5, 0.6) is 11.5 Å². The Labute approximate surface area is 183 Å². The molecule has 0 aliphatic heterocycles. The summed E-state index contributed by atoms with van der Waals surface area (Å²) < 4.78 is 67.1.